The molecule has 2 aromatic heterocycles. The Balaban J connectivity index is 1.94. The molecule has 0 bridgehead atoms. The van der Waals surface area contributed by atoms with Gasteiger partial charge in [-0.15, -0.1) is 11.3 Å². The number of hydrogen-bond acceptors (Lipinski definition) is 4. The van der Waals surface area contributed by atoms with Gasteiger partial charge in [0.2, 0.25) is 0 Å². The molecule has 1 saturated carbocycles. The highest BCUT2D eigenvalue weighted by Gasteiger charge is 2.31. The summed E-state index contributed by atoms with van der Waals surface area (Å²) in [6.07, 6.45) is 3.99. The molecule has 0 N–H and O–H groups in total. The minimum absolute atomic E-state index is 0.466. The van der Waals surface area contributed by atoms with E-state index in [-0.39, 0.29) is 0 Å². The SMILES string of the molecule is N#Cc1ccnc(N(Cc2cccs2)C2CC2)c1Cl. The molecule has 1 aliphatic carbocycles. The second-order valence-electron chi connectivity index (χ2n) is 4.55. The molecule has 0 radical (unpaired) electrons. The zero-order chi connectivity index (χ0) is 13.2. The van der Waals surface area contributed by atoms with Gasteiger partial charge in [-0.25, -0.2) is 4.98 Å². The minimum atomic E-state index is 0.466. The van der Waals surface area contributed by atoms with Crippen molar-refractivity contribution in [2.24, 2.45) is 0 Å². The van der Waals surface area contributed by atoms with E-state index in [0.29, 0.717) is 16.6 Å². The molecule has 5 heteroatoms. The first-order valence-corrected chi connectivity index (χ1v) is 7.39. The average molecular weight is 290 g/mol. The van der Waals surface area contributed by atoms with Gasteiger partial charge in [0.05, 0.1) is 12.1 Å². The lowest BCUT2D eigenvalue weighted by Gasteiger charge is -2.24. The zero-order valence-electron chi connectivity index (χ0n) is 10.2. The Hall–Kier alpha value is -1.57. The van der Waals surface area contributed by atoms with Crippen LogP contribution in [0.3, 0.4) is 0 Å². The van der Waals surface area contributed by atoms with Crippen LogP contribution in [-0.2, 0) is 6.54 Å². The van der Waals surface area contributed by atoms with Gasteiger partial charge in [0.1, 0.15) is 16.9 Å². The number of hydrogen-bond donors (Lipinski definition) is 0. The first-order valence-electron chi connectivity index (χ1n) is 6.13. The van der Waals surface area contributed by atoms with Crippen LogP contribution in [0, 0.1) is 11.3 Å². The fourth-order valence-electron chi connectivity index (χ4n) is 2.05. The van der Waals surface area contributed by atoms with Gasteiger partial charge in [0.15, 0.2) is 0 Å². The molecule has 0 unspecified atom stereocenters. The summed E-state index contributed by atoms with van der Waals surface area (Å²) in [5.41, 5.74) is 0.489. The molecule has 0 atom stereocenters. The van der Waals surface area contributed by atoms with Crippen molar-refractivity contribution >= 4 is 28.8 Å². The lowest BCUT2D eigenvalue weighted by molar-refractivity contribution is 0.786. The number of rotatable bonds is 4. The van der Waals surface area contributed by atoms with E-state index in [1.54, 1.807) is 23.6 Å². The Kier molecular flexibility index (Phi) is 3.41. The largest absolute Gasteiger partial charge is 0.347 e. The normalized spacial score (nSPS) is 14.1. The molecule has 2 heterocycles. The molecule has 0 amide bonds. The minimum Gasteiger partial charge on any atom is -0.347 e. The molecule has 19 heavy (non-hydrogen) atoms. The van der Waals surface area contributed by atoms with Crippen molar-refractivity contribution in [2.75, 3.05) is 4.90 Å². The maximum absolute atomic E-state index is 9.06. The molecule has 1 fully saturated rings. The van der Waals surface area contributed by atoms with Gasteiger partial charge in [-0.2, -0.15) is 5.26 Å². The quantitative estimate of drug-likeness (QED) is 0.858. The molecule has 0 aromatic carbocycles. The predicted molar refractivity (Wildman–Crippen MR) is 77.5 cm³/mol. The highest BCUT2D eigenvalue weighted by Crippen LogP contribution is 2.37. The maximum atomic E-state index is 9.06. The summed E-state index contributed by atoms with van der Waals surface area (Å²) in [4.78, 5) is 7.88. The molecule has 0 aliphatic heterocycles. The topological polar surface area (TPSA) is 39.9 Å². The molecule has 3 rings (SSSR count). The van der Waals surface area contributed by atoms with E-state index in [1.165, 1.54) is 17.7 Å². The highest BCUT2D eigenvalue weighted by molar-refractivity contribution is 7.09. The van der Waals surface area contributed by atoms with Gasteiger partial charge in [-0.1, -0.05) is 17.7 Å². The lowest BCUT2D eigenvalue weighted by atomic mass is 10.2. The summed E-state index contributed by atoms with van der Waals surface area (Å²) in [7, 11) is 0. The van der Waals surface area contributed by atoms with Crippen molar-refractivity contribution in [3.05, 3.63) is 45.2 Å². The second-order valence-corrected chi connectivity index (χ2v) is 5.96. The monoisotopic (exact) mass is 289 g/mol. The van der Waals surface area contributed by atoms with Crippen LogP contribution < -0.4 is 4.90 Å². The molecule has 2 aromatic rings. The fraction of sp³-hybridized carbons (Fsp3) is 0.286. The third kappa shape index (κ3) is 2.58. The van der Waals surface area contributed by atoms with Crippen LogP contribution >= 0.6 is 22.9 Å². The lowest BCUT2D eigenvalue weighted by Crippen LogP contribution is -2.26. The second kappa shape index (κ2) is 5.20. The van der Waals surface area contributed by atoms with Gasteiger partial charge in [-0.05, 0) is 30.4 Å². The molecule has 0 saturated heterocycles. The summed E-state index contributed by atoms with van der Waals surface area (Å²) in [6.45, 7) is 0.809. The van der Waals surface area contributed by atoms with Crippen LogP contribution in [0.5, 0.6) is 0 Å². The number of thiophene rings is 1. The van der Waals surface area contributed by atoms with Gasteiger partial charge < -0.3 is 4.90 Å². The Morgan fingerprint density at radius 2 is 2.32 bits per heavy atom. The smallest absolute Gasteiger partial charge is 0.149 e. The first kappa shape index (κ1) is 12.5. The van der Waals surface area contributed by atoms with Crippen molar-refractivity contribution in [1.82, 2.24) is 4.98 Å². The molecule has 1 aliphatic rings. The van der Waals surface area contributed by atoms with Gasteiger partial charge in [0, 0.05) is 17.1 Å². The van der Waals surface area contributed by atoms with E-state index in [1.807, 2.05) is 6.07 Å². The summed E-state index contributed by atoms with van der Waals surface area (Å²) in [5.74, 6) is 0.733. The van der Waals surface area contributed by atoms with Crippen molar-refractivity contribution < 1.29 is 0 Å². The van der Waals surface area contributed by atoms with E-state index >= 15 is 0 Å². The Morgan fingerprint density at radius 1 is 1.47 bits per heavy atom. The van der Waals surface area contributed by atoms with Crippen molar-refractivity contribution in [1.29, 1.82) is 5.26 Å². The number of halogens is 1. The highest BCUT2D eigenvalue weighted by atomic mass is 35.5. The van der Waals surface area contributed by atoms with Crippen LogP contribution in [0.4, 0.5) is 5.82 Å². The first-order chi connectivity index (χ1) is 9.29. The molecular weight excluding hydrogens is 278 g/mol. The number of anilines is 1. The summed E-state index contributed by atoms with van der Waals surface area (Å²) in [5, 5.41) is 11.6. The third-order valence-electron chi connectivity index (χ3n) is 3.16. The molecule has 0 spiro atoms. The number of pyridine rings is 1. The van der Waals surface area contributed by atoms with Crippen LogP contribution in [0.1, 0.15) is 23.3 Å². The molecule has 96 valence electrons. The van der Waals surface area contributed by atoms with E-state index in [0.717, 1.165) is 12.4 Å². The fourth-order valence-corrected chi connectivity index (χ4v) is 3.02. The Bertz CT molecular complexity index is 614. The third-order valence-corrected chi connectivity index (χ3v) is 4.39. The predicted octanol–water partition coefficient (Wildman–Crippen LogP) is 3.84. The van der Waals surface area contributed by atoms with E-state index < -0.39 is 0 Å². The van der Waals surface area contributed by atoms with E-state index in [2.05, 4.69) is 27.4 Å². The van der Waals surface area contributed by atoms with Crippen molar-refractivity contribution in [2.45, 2.75) is 25.4 Å². The van der Waals surface area contributed by atoms with Crippen molar-refractivity contribution in [3.8, 4) is 6.07 Å². The van der Waals surface area contributed by atoms with Crippen molar-refractivity contribution in [3.63, 3.8) is 0 Å². The van der Waals surface area contributed by atoms with Crippen LogP contribution in [-0.4, -0.2) is 11.0 Å². The standard InChI is InChI=1S/C14H12ClN3S/c15-13-10(8-16)5-6-17-14(13)18(11-3-4-11)9-12-2-1-7-19-12/h1-2,5-7,11H,3-4,9H2. The van der Waals surface area contributed by atoms with Crippen LogP contribution in [0.15, 0.2) is 29.8 Å². The number of nitrogens with zero attached hydrogens (tertiary/aromatic N) is 3. The van der Waals surface area contributed by atoms with Gasteiger partial charge in [-0.3, -0.25) is 0 Å². The summed E-state index contributed by atoms with van der Waals surface area (Å²) >= 11 is 8.02. The number of nitriles is 1. The molecule has 3 nitrogen and oxygen atoms in total. The summed E-state index contributed by atoms with van der Waals surface area (Å²) in [6, 6.07) is 8.43. The van der Waals surface area contributed by atoms with Crippen LogP contribution in [0.25, 0.3) is 0 Å². The summed E-state index contributed by atoms with van der Waals surface area (Å²) < 4.78 is 0. The van der Waals surface area contributed by atoms with E-state index in [4.69, 9.17) is 16.9 Å². The Labute approximate surface area is 121 Å². The average Bonchev–Trinajstić information content (AvgIpc) is 3.14. The molecular formula is C14H12ClN3S. The van der Waals surface area contributed by atoms with Crippen LogP contribution in [0.2, 0.25) is 5.02 Å². The van der Waals surface area contributed by atoms with Gasteiger partial charge in [0.25, 0.3) is 0 Å². The maximum Gasteiger partial charge on any atom is 0.149 e. The van der Waals surface area contributed by atoms with Gasteiger partial charge >= 0.3 is 0 Å². The number of aromatic nitrogens is 1. The van der Waals surface area contributed by atoms with E-state index in [9.17, 15) is 0 Å². The zero-order valence-corrected chi connectivity index (χ0v) is 11.8. The Morgan fingerprint density at radius 3 is 2.95 bits per heavy atom.